The first-order valence-corrected chi connectivity index (χ1v) is 11.1. The minimum atomic E-state index is -3.85. The zero-order valence-corrected chi connectivity index (χ0v) is 18.3. The number of hydrogen-bond donors (Lipinski definition) is 1. The summed E-state index contributed by atoms with van der Waals surface area (Å²) in [4.78, 5) is 0.0927. The van der Waals surface area contributed by atoms with Crippen LogP contribution >= 0.6 is 15.9 Å². The van der Waals surface area contributed by atoms with Crippen molar-refractivity contribution in [3.05, 3.63) is 93.5 Å². The molecular formula is C22H22BrNO3S. The normalized spacial score (nSPS) is 12.6. The summed E-state index contributed by atoms with van der Waals surface area (Å²) in [5.41, 5.74) is 3.93. The Morgan fingerprint density at radius 1 is 0.964 bits per heavy atom. The topological polar surface area (TPSA) is 55.4 Å². The predicted octanol–water partition coefficient (Wildman–Crippen LogP) is 5.14. The minimum Gasteiger partial charge on any atom is -0.495 e. The molecule has 0 aliphatic carbocycles. The predicted molar refractivity (Wildman–Crippen MR) is 115 cm³/mol. The van der Waals surface area contributed by atoms with Crippen molar-refractivity contribution in [2.75, 3.05) is 7.11 Å². The number of benzene rings is 3. The van der Waals surface area contributed by atoms with Gasteiger partial charge in [0.2, 0.25) is 10.0 Å². The van der Waals surface area contributed by atoms with E-state index in [-0.39, 0.29) is 4.90 Å². The van der Waals surface area contributed by atoms with Gasteiger partial charge in [-0.25, -0.2) is 8.42 Å². The highest BCUT2D eigenvalue weighted by atomic mass is 79.9. The van der Waals surface area contributed by atoms with E-state index in [9.17, 15) is 8.42 Å². The van der Waals surface area contributed by atoms with Crippen LogP contribution in [0.1, 0.15) is 28.3 Å². The van der Waals surface area contributed by atoms with Gasteiger partial charge in [-0.2, -0.15) is 4.72 Å². The van der Waals surface area contributed by atoms with Gasteiger partial charge in [-0.05, 0) is 48.7 Å². The highest BCUT2D eigenvalue weighted by Gasteiger charge is 2.26. The zero-order valence-electron chi connectivity index (χ0n) is 15.9. The highest BCUT2D eigenvalue weighted by Crippen LogP contribution is 2.31. The molecule has 146 valence electrons. The fraction of sp³-hybridized carbons (Fsp3) is 0.182. The Hall–Kier alpha value is -2.15. The summed E-state index contributed by atoms with van der Waals surface area (Å²) in [6.45, 7) is 4.01. The molecule has 3 aromatic rings. The minimum absolute atomic E-state index is 0.0927. The number of aryl methyl sites for hydroxylation is 2. The Balaban J connectivity index is 2.11. The molecule has 0 aliphatic heterocycles. The Kier molecular flexibility index (Phi) is 6.23. The van der Waals surface area contributed by atoms with Gasteiger partial charge in [0.05, 0.1) is 13.2 Å². The van der Waals surface area contributed by atoms with E-state index in [1.807, 2.05) is 56.3 Å². The Bertz CT molecular complexity index is 1080. The number of hydrogen-bond acceptors (Lipinski definition) is 3. The van der Waals surface area contributed by atoms with Gasteiger partial charge in [0.25, 0.3) is 0 Å². The molecule has 1 atom stereocenters. The van der Waals surface area contributed by atoms with Crippen molar-refractivity contribution in [1.29, 1.82) is 0 Å². The van der Waals surface area contributed by atoms with Crippen LogP contribution in [0.25, 0.3) is 0 Å². The van der Waals surface area contributed by atoms with E-state index in [2.05, 4.69) is 26.7 Å². The summed E-state index contributed by atoms with van der Waals surface area (Å²) in [6, 6.07) is 20.0. The lowest BCUT2D eigenvalue weighted by Gasteiger charge is -2.22. The van der Waals surface area contributed by atoms with Crippen LogP contribution in [0.3, 0.4) is 0 Å². The maximum absolute atomic E-state index is 13.3. The van der Waals surface area contributed by atoms with Crippen molar-refractivity contribution in [1.82, 2.24) is 4.72 Å². The lowest BCUT2D eigenvalue weighted by Crippen LogP contribution is -2.30. The van der Waals surface area contributed by atoms with E-state index in [1.165, 1.54) is 7.11 Å². The molecule has 0 amide bonds. The van der Waals surface area contributed by atoms with Gasteiger partial charge in [0.15, 0.2) is 0 Å². The first-order chi connectivity index (χ1) is 13.3. The number of methoxy groups -OCH3 is 1. The van der Waals surface area contributed by atoms with Gasteiger partial charge in [-0.1, -0.05) is 70.0 Å². The second kappa shape index (κ2) is 8.47. The zero-order chi connectivity index (χ0) is 20.3. The van der Waals surface area contributed by atoms with Crippen LogP contribution in [0.5, 0.6) is 5.75 Å². The van der Waals surface area contributed by atoms with E-state index in [0.717, 1.165) is 22.3 Å². The molecular weight excluding hydrogens is 438 g/mol. The van der Waals surface area contributed by atoms with Crippen LogP contribution in [0, 0.1) is 13.8 Å². The van der Waals surface area contributed by atoms with E-state index < -0.39 is 16.1 Å². The summed E-state index contributed by atoms with van der Waals surface area (Å²) >= 11 is 3.35. The average Bonchev–Trinajstić information content (AvgIpc) is 2.67. The number of rotatable bonds is 6. The van der Waals surface area contributed by atoms with Crippen LogP contribution in [-0.4, -0.2) is 15.5 Å². The molecule has 6 heteroatoms. The largest absolute Gasteiger partial charge is 0.495 e. The first kappa shape index (κ1) is 20.6. The van der Waals surface area contributed by atoms with Crippen LogP contribution < -0.4 is 9.46 Å². The Labute approximate surface area is 174 Å². The van der Waals surface area contributed by atoms with Crippen LogP contribution in [0.15, 0.2) is 76.1 Å². The molecule has 0 aromatic heterocycles. The lowest BCUT2D eigenvalue weighted by molar-refractivity contribution is 0.402. The molecule has 0 spiro atoms. The Morgan fingerprint density at radius 3 is 2.32 bits per heavy atom. The van der Waals surface area contributed by atoms with E-state index >= 15 is 0 Å². The molecule has 0 radical (unpaired) electrons. The summed E-state index contributed by atoms with van der Waals surface area (Å²) < 4.78 is 35.4. The van der Waals surface area contributed by atoms with Crippen molar-refractivity contribution in [3.8, 4) is 5.75 Å². The van der Waals surface area contributed by atoms with Crippen molar-refractivity contribution >= 4 is 26.0 Å². The molecule has 0 saturated carbocycles. The fourth-order valence-corrected chi connectivity index (χ4v) is 5.10. The first-order valence-electron chi connectivity index (χ1n) is 8.80. The van der Waals surface area contributed by atoms with E-state index in [4.69, 9.17) is 4.74 Å². The SMILES string of the molecule is COc1ccc(Br)cc1S(=O)(=O)N[C@@H](c1ccccc1)c1ccc(C)cc1C. The molecule has 28 heavy (non-hydrogen) atoms. The fourth-order valence-electron chi connectivity index (χ4n) is 3.19. The standard InChI is InChI=1S/C22H22BrNO3S/c1-15-9-11-19(16(2)13-15)22(17-7-5-4-6-8-17)24-28(25,26)21-14-18(23)10-12-20(21)27-3/h4-14,22,24H,1-3H3/t22-/m0/s1. The molecule has 3 rings (SSSR count). The van der Waals surface area contributed by atoms with E-state index in [0.29, 0.717) is 10.2 Å². The van der Waals surface area contributed by atoms with Crippen molar-refractivity contribution in [3.63, 3.8) is 0 Å². The van der Waals surface area contributed by atoms with Gasteiger partial charge in [0.1, 0.15) is 10.6 Å². The third-order valence-corrected chi connectivity index (χ3v) is 6.49. The second-order valence-corrected chi connectivity index (χ2v) is 9.22. The quantitative estimate of drug-likeness (QED) is 0.554. The molecule has 0 heterocycles. The van der Waals surface area contributed by atoms with Crippen molar-refractivity contribution in [2.24, 2.45) is 0 Å². The smallest absolute Gasteiger partial charge is 0.245 e. The lowest BCUT2D eigenvalue weighted by atomic mass is 9.95. The van der Waals surface area contributed by atoms with Crippen molar-refractivity contribution in [2.45, 2.75) is 24.8 Å². The number of ether oxygens (including phenoxy) is 1. The summed E-state index contributed by atoms with van der Waals surface area (Å²) in [5, 5.41) is 0. The molecule has 4 nitrogen and oxygen atoms in total. The van der Waals surface area contributed by atoms with Crippen LogP contribution in [0.2, 0.25) is 0 Å². The molecule has 0 saturated heterocycles. The molecule has 0 bridgehead atoms. The van der Waals surface area contributed by atoms with Gasteiger partial charge < -0.3 is 4.74 Å². The number of sulfonamides is 1. The monoisotopic (exact) mass is 459 g/mol. The summed E-state index contributed by atoms with van der Waals surface area (Å²) in [7, 11) is -2.39. The number of nitrogens with one attached hydrogen (secondary N) is 1. The summed E-state index contributed by atoms with van der Waals surface area (Å²) in [6.07, 6.45) is 0. The molecule has 3 aromatic carbocycles. The third kappa shape index (κ3) is 4.46. The van der Waals surface area contributed by atoms with Crippen LogP contribution in [-0.2, 0) is 10.0 Å². The van der Waals surface area contributed by atoms with E-state index in [1.54, 1.807) is 18.2 Å². The molecule has 0 unspecified atom stereocenters. The van der Waals surface area contributed by atoms with Gasteiger partial charge >= 0.3 is 0 Å². The van der Waals surface area contributed by atoms with Gasteiger partial charge in [-0.15, -0.1) is 0 Å². The average molecular weight is 460 g/mol. The highest BCUT2D eigenvalue weighted by molar-refractivity contribution is 9.10. The van der Waals surface area contributed by atoms with Gasteiger partial charge in [-0.3, -0.25) is 0 Å². The molecule has 1 N–H and O–H groups in total. The van der Waals surface area contributed by atoms with Crippen LogP contribution in [0.4, 0.5) is 0 Å². The second-order valence-electron chi connectivity index (χ2n) is 6.62. The van der Waals surface area contributed by atoms with Crippen molar-refractivity contribution < 1.29 is 13.2 Å². The van der Waals surface area contributed by atoms with Gasteiger partial charge in [0, 0.05) is 4.47 Å². The maximum Gasteiger partial charge on any atom is 0.245 e. The Morgan fingerprint density at radius 2 is 1.68 bits per heavy atom. The maximum atomic E-state index is 13.3. The molecule has 0 fully saturated rings. The number of halogens is 1. The third-order valence-electron chi connectivity index (χ3n) is 4.56. The molecule has 0 aliphatic rings. The summed E-state index contributed by atoms with van der Waals surface area (Å²) in [5.74, 6) is 0.295.